The number of hydrogen-bond acceptors (Lipinski definition) is 10. The maximum absolute atomic E-state index is 11.6. The average Bonchev–Trinajstić information content (AvgIpc) is 3.21. The van der Waals surface area contributed by atoms with Crippen LogP contribution in [0.15, 0.2) is 0 Å². The SMILES string of the molecule is CC.N#COCCC(=O)O[C@@H]1CO[C@H]2[C@@H]1OC[C@H]2OC(=O)CCOC#N. The van der Waals surface area contributed by atoms with Crippen molar-refractivity contribution in [3.8, 4) is 12.5 Å². The molecule has 2 saturated heterocycles. The van der Waals surface area contributed by atoms with Crippen LogP contribution < -0.4 is 0 Å². The van der Waals surface area contributed by atoms with Crippen LogP contribution in [0.3, 0.4) is 0 Å². The summed E-state index contributed by atoms with van der Waals surface area (Å²) < 4.78 is 30.3. The van der Waals surface area contributed by atoms with E-state index in [-0.39, 0.29) is 39.3 Å². The first-order valence-electron chi connectivity index (χ1n) is 8.29. The molecule has 0 radical (unpaired) electrons. The van der Waals surface area contributed by atoms with E-state index in [9.17, 15) is 9.59 Å². The number of carbonyl (C=O) groups excluding carboxylic acids is 2. The molecule has 0 saturated carbocycles. The second kappa shape index (κ2) is 11.9. The van der Waals surface area contributed by atoms with E-state index in [2.05, 4.69) is 9.47 Å². The molecule has 10 nitrogen and oxygen atoms in total. The van der Waals surface area contributed by atoms with Gasteiger partial charge in [0, 0.05) is 0 Å². The molecule has 0 aliphatic carbocycles. The monoisotopic (exact) mass is 370 g/mol. The van der Waals surface area contributed by atoms with Crippen LogP contribution >= 0.6 is 0 Å². The van der Waals surface area contributed by atoms with E-state index in [0.29, 0.717) is 0 Å². The van der Waals surface area contributed by atoms with E-state index in [1.165, 1.54) is 12.5 Å². The normalized spacial score (nSPS) is 25.5. The van der Waals surface area contributed by atoms with Crippen LogP contribution in [-0.2, 0) is 38.0 Å². The van der Waals surface area contributed by atoms with E-state index >= 15 is 0 Å². The Labute approximate surface area is 151 Å². The van der Waals surface area contributed by atoms with Gasteiger partial charge in [-0.15, -0.1) is 0 Å². The second-order valence-electron chi connectivity index (χ2n) is 5.03. The van der Waals surface area contributed by atoms with Crippen LogP contribution in [0.25, 0.3) is 0 Å². The first kappa shape index (κ1) is 21.5. The Bertz CT molecular complexity index is 493. The summed E-state index contributed by atoms with van der Waals surface area (Å²) in [6.07, 6.45) is 0.581. The van der Waals surface area contributed by atoms with Crippen LogP contribution in [-0.4, -0.2) is 62.8 Å². The highest BCUT2D eigenvalue weighted by Gasteiger charge is 2.51. The molecule has 10 heteroatoms. The van der Waals surface area contributed by atoms with Crippen molar-refractivity contribution < 1.29 is 38.0 Å². The van der Waals surface area contributed by atoms with Gasteiger partial charge in [-0.2, -0.15) is 10.5 Å². The highest BCUT2D eigenvalue weighted by molar-refractivity contribution is 5.70. The summed E-state index contributed by atoms with van der Waals surface area (Å²) in [6.45, 7) is 4.16. The summed E-state index contributed by atoms with van der Waals surface area (Å²) in [5.41, 5.74) is 0. The highest BCUT2D eigenvalue weighted by atomic mass is 16.7. The fraction of sp³-hybridized carbons (Fsp3) is 0.750. The Hall–Kier alpha value is -2.56. The van der Waals surface area contributed by atoms with Crippen molar-refractivity contribution in [2.24, 2.45) is 0 Å². The van der Waals surface area contributed by atoms with Crippen molar-refractivity contribution in [2.75, 3.05) is 26.4 Å². The molecule has 0 aromatic rings. The molecule has 2 aliphatic heterocycles. The summed E-state index contributed by atoms with van der Waals surface area (Å²) in [5.74, 6) is -1.06. The summed E-state index contributed by atoms with van der Waals surface area (Å²) in [6, 6.07) is 0. The quantitative estimate of drug-likeness (QED) is 0.335. The van der Waals surface area contributed by atoms with E-state index in [1.807, 2.05) is 13.8 Å². The number of esters is 2. The standard InChI is InChI=1S/C14H16N2O8.C2H6/c15-7-19-3-1-11(17)23-9-5-21-14-10(6-22-13(9)14)24-12(18)2-4-20-8-16;1-2/h9-10,13-14H,1-6H2;1-2H3/t9-,10-,13-,14-;/m1./s1. The molecule has 0 amide bonds. The van der Waals surface area contributed by atoms with Gasteiger partial charge in [0.1, 0.15) is 25.4 Å². The molecule has 0 aromatic carbocycles. The molecule has 2 heterocycles. The Morgan fingerprint density at radius 1 is 0.885 bits per heavy atom. The predicted octanol–water partition coefficient (Wildman–Crippen LogP) is 0.409. The molecule has 2 fully saturated rings. The molecule has 0 bridgehead atoms. The van der Waals surface area contributed by atoms with Crippen molar-refractivity contribution in [3.63, 3.8) is 0 Å². The van der Waals surface area contributed by atoms with Crippen LogP contribution in [0.2, 0.25) is 0 Å². The number of hydrogen-bond donors (Lipinski definition) is 0. The van der Waals surface area contributed by atoms with Gasteiger partial charge in [-0.05, 0) is 0 Å². The van der Waals surface area contributed by atoms with Gasteiger partial charge in [0.05, 0.1) is 26.1 Å². The zero-order valence-corrected chi connectivity index (χ0v) is 14.7. The number of fused-ring (bicyclic) bond motifs is 1. The lowest BCUT2D eigenvalue weighted by Gasteiger charge is -2.17. The van der Waals surface area contributed by atoms with Gasteiger partial charge >= 0.3 is 11.9 Å². The van der Waals surface area contributed by atoms with Gasteiger partial charge in [0.25, 0.3) is 12.5 Å². The van der Waals surface area contributed by atoms with Crippen LogP contribution in [0.4, 0.5) is 0 Å². The van der Waals surface area contributed by atoms with Gasteiger partial charge in [-0.3, -0.25) is 9.59 Å². The molecule has 2 rings (SSSR count). The molecule has 144 valence electrons. The van der Waals surface area contributed by atoms with Gasteiger partial charge < -0.3 is 28.4 Å². The smallest absolute Gasteiger partial charge is 0.309 e. The van der Waals surface area contributed by atoms with E-state index in [0.717, 1.165) is 0 Å². The number of carbonyl (C=O) groups is 2. The van der Waals surface area contributed by atoms with Gasteiger partial charge in [-0.25, -0.2) is 0 Å². The minimum Gasteiger partial charge on any atom is -0.457 e. The molecule has 26 heavy (non-hydrogen) atoms. The lowest BCUT2D eigenvalue weighted by atomic mass is 10.1. The summed E-state index contributed by atoms with van der Waals surface area (Å²) in [5, 5.41) is 16.5. The third-order valence-electron chi connectivity index (χ3n) is 3.47. The number of nitrogens with zero attached hydrogens (tertiary/aromatic N) is 2. The second-order valence-corrected chi connectivity index (χ2v) is 5.03. The Kier molecular flexibility index (Phi) is 9.83. The Balaban J connectivity index is 0.00000163. The summed E-state index contributed by atoms with van der Waals surface area (Å²) in [4.78, 5) is 23.2. The van der Waals surface area contributed by atoms with Gasteiger partial charge in [0.15, 0.2) is 12.2 Å². The number of ether oxygens (including phenoxy) is 6. The van der Waals surface area contributed by atoms with Crippen molar-refractivity contribution in [1.29, 1.82) is 10.5 Å². The molecule has 0 aromatic heterocycles. The van der Waals surface area contributed by atoms with Crippen molar-refractivity contribution in [3.05, 3.63) is 0 Å². The van der Waals surface area contributed by atoms with E-state index in [1.54, 1.807) is 0 Å². The van der Waals surface area contributed by atoms with Crippen molar-refractivity contribution in [1.82, 2.24) is 0 Å². The minimum atomic E-state index is -0.602. The third kappa shape index (κ3) is 6.39. The summed E-state index contributed by atoms with van der Waals surface area (Å²) >= 11 is 0. The first-order valence-corrected chi connectivity index (χ1v) is 8.29. The topological polar surface area (TPSA) is 137 Å². The first-order chi connectivity index (χ1) is 12.7. The molecular weight excluding hydrogens is 348 g/mol. The fourth-order valence-electron chi connectivity index (χ4n) is 2.45. The molecule has 0 spiro atoms. The molecular formula is C16H22N2O8. The summed E-state index contributed by atoms with van der Waals surface area (Å²) in [7, 11) is 0. The van der Waals surface area contributed by atoms with Crippen molar-refractivity contribution in [2.45, 2.75) is 51.1 Å². The van der Waals surface area contributed by atoms with Crippen LogP contribution in [0.1, 0.15) is 26.7 Å². The van der Waals surface area contributed by atoms with E-state index in [4.69, 9.17) is 29.5 Å². The number of nitriles is 2. The molecule has 0 unspecified atom stereocenters. The predicted molar refractivity (Wildman–Crippen MR) is 83.0 cm³/mol. The maximum atomic E-state index is 11.6. The fourth-order valence-corrected chi connectivity index (χ4v) is 2.45. The largest absolute Gasteiger partial charge is 0.457 e. The minimum absolute atomic E-state index is 0.0527. The number of rotatable bonds is 8. The highest BCUT2D eigenvalue weighted by Crippen LogP contribution is 2.30. The van der Waals surface area contributed by atoms with Crippen molar-refractivity contribution >= 4 is 11.9 Å². The van der Waals surface area contributed by atoms with Crippen LogP contribution in [0.5, 0.6) is 0 Å². The lowest BCUT2D eigenvalue weighted by molar-refractivity contribution is -0.156. The van der Waals surface area contributed by atoms with E-state index < -0.39 is 36.4 Å². The Morgan fingerprint density at radius 3 is 1.62 bits per heavy atom. The zero-order chi connectivity index (χ0) is 19.4. The molecule has 2 aliphatic rings. The maximum Gasteiger partial charge on any atom is 0.309 e. The average molecular weight is 370 g/mol. The third-order valence-corrected chi connectivity index (χ3v) is 3.47. The Morgan fingerprint density at radius 2 is 1.27 bits per heavy atom. The van der Waals surface area contributed by atoms with Crippen LogP contribution in [0, 0.1) is 23.0 Å². The van der Waals surface area contributed by atoms with Gasteiger partial charge in [-0.1, -0.05) is 13.8 Å². The zero-order valence-electron chi connectivity index (χ0n) is 14.7. The molecule has 4 atom stereocenters. The van der Waals surface area contributed by atoms with Gasteiger partial charge in [0.2, 0.25) is 0 Å². The molecule has 0 N–H and O–H groups in total. The lowest BCUT2D eigenvalue weighted by Crippen LogP contribution is -2.36.